The van der Waals surface area contributed by atoms with Crippen LogP contribution in [0, 0.1) is 6.92 Å². The third kappa shape index (κ3) is 5.24. The number of hydrogen-bond donors (Lipinski definition) is 1. The van der Waals surface area contributed by atoms with Gasteiger partial charge in [-0.05, 0) is 38.1 Å². The van der Waals surface area contributed by atoms with Crippen LogP contribution in [-0.4, -0.2) is 70.6 Å². The number of aromatic amines is 1. The van der Waals surface area contributed by atoms with E-state index in [0.29, 0.717) is 55.0 Å². The zero-order valence-corrected chi connectivity index (χ0v) is 21.9. The molecule has 1 aliphatic rings. The number of rotatable bonds is 5. The number of fused-ring (bicyclic) bond motifs is 1. The molecule has 2 aromatic heterocycles. The topological polar surface area (TPSA) is 104 Å². The molecule has 1 saturated heterocycles. The maximum Gasteiger partial charge on any atom is 0.277 e. The van der Waals surface area contributed by atoms with E-state index in [1.165, 1.54) is 10.7 Å². The Labute approximate surface area is 201 Å². The van der Waals surface area contributed by atoms with E-state index in [2.05, 4.69) is 28.8 Å². The number of aryl methyl sites for hydroxylation is 3. The second kappa shape index (κ2) is 10.8. The largest absolute Gasteiger partial charge is 0.305 e. The SMILES string of the molecule is CCC.CCCc1nn(C)c2c(=O)[nH]c(-c3cc(S(=O)(=O)N4CCN(C)CC4)ccc3C)nc12. The summed E-state index contributed by atoms with van der Waals surface area (Å²) in [6.45, 7) is 10.5. The van der Waals surface area contributed by atoms with E-state index < -0.39 is 10.0 Å². The number of H-pyrrole nitrogens is 1. The van der Waals surface area contributed by atoms with Crippen molar-refractivity contribution in [3.8, 4) is 11.4 Å². The first-order valence-electron chi connectivity index (χ1n) is 11.9. The average Bonchev–Trinajstić information content (AvgIpc) is 3.10. The summed E-state index contributed by atoms with van der Waals surface area (Å²) < 4.78 is 29.5. The fraction of sp³-hybridized carbons (Fsp3) is 0.542. The summed E-state index contributed by atoms with van der Waals surface area (Å²) >= 11 is 0. The van der Waals surface area contributed by atoms with E-state index >= 15 is 0 Å². The van der Waals surface area contributed by atoms with Crippen LogP contribution >= 0.6 is 0 Å². The molecule has 186 valence electrons. The molecular formula is C24H36N6O3S. The zero-order valence-electron chi connectivity index (χ0n) is 21.1. The minimum atomic E-state index is -3.63. The Bertz CT molecular complexity index is 1300. The van der Waals surface area contributed by atoms with E-state index in [4.69, 9.17) is 4.98 Å². The van der Waals surface area contributed by atoms with Gasteiger partial charge in [0.1, 0.15) is 11.3 Å². The average molecular weight is 489 g/mol. The lowest BCUT2D eigenvalue weighted by Crippen LogP contribution is -2.47. The van der Waals surface area contributed by atoms with Gasteiger partial charge in [-0.1, -0.05) is 39.7 Å². The molecule has 9 nitrogen and oxygen atoms in total. The molecule has 3 heterocycles. The molecule has 1 N–H and O–H groups in total. The van der Waals surface area contributed by atoms with Crippen LogP contribution in [0.4, 0.5) is 0 Å². The molecule has 1 aliphatic heterocycles. The zero-order chi connectivity index (χ0) is 25.0. The molecule has 0 unspecified atom stereocenters. The van der Waals surface area contributed by atoms with Crippen molar-refractivity contribution in [2.24, 2.45) is 7.05 Å². The maximum atomic E-state index is 13.2. The molecule has 0 amide bonds. The minimum absolute atomic E-state index is 0.209. The highest BCUT2D eigenvalue weighted by atomic mass is 32.2. The molecule has 0 saturated carbocycles. The number of aromatic nitrogens is 4. The minimum Gasteiger partial charge on any atom is -0.305 e. The van der Waals surface area contributed by atoms with Crippen molar-refractivity contribution in [2.75, 3.05) is 33.2 Å². The standard InChI is InChI=1S/C21H28N6O3S.C3H8/c1-5-6-17-18-19(26(4)24-17)21(28)23-20(22-18)16-13-15(8-7-14(16)2)31(29,30)27-11-9-25(3)10-12-27;1-3-2/h7-8,13H,5-6,9-12H2,1-4H3,(H,22,23,28);3H2,1-2H3. The van der Waals surface area contributed by atoms with Crippen LogP contribution in [0.25, 0.3) is 22.4 Å². The highest BCUT2D eigenvalue weighted by molar-refractivity contribution is 7.89. The summed E-state index contributed by atoms with van der Waals surface area (Å²) in [4.78, 5) is 22.6. The monoisotopic (exact) mass is 488 g/mol. The van der Waals surface area contributed by atoms with Crippen LogP contribution in [0.1, 0.15) is 44.9 Å². The first-order chi connectivity index (χ1) is 16.1. The number of nitrogens with one attached hydrogen (secondary N) is 1. The van der Waals surface area contributed by atoms with Gasteiger partial charge in [0.25, 0.3) is 5.56 Å². The van der Waals surface area contributed by atoms with E-state index in [1.807, 2.05) is 20.9 Å². The second-order valence-electron chi connectivity index (χ2n) is 8.82. The molecule has 0 atom stereocenters. The van der Waals surface area contributed by atoms with Crippen molar-refractivity contribution in [3.05, 3.63) is 39.8 Å². The lowest BCUT2D eigenvalue weighted by atomic mass is 10.1. The van der Waals surface area contributed by atoms with Crippen LogP contribution in [0.5, 0.6) is 0 Å². The number of piperazine rings is 1. The Morgan fingerprint density at radius 3 is 2.32 bits per heavy atom. The second-order valence-corrected chi connectivity index (χ2v) is 10.8. The van der Waals surface area contributed by atoms with Crippen LogP contribution in [0.2, 0.25) is 0 Å². The molecule has 0 bridgehead atoms. The molecular weight excluding hydrogens is 452 g/mol. The van der Waals surface area contributed by atoms with Crippen molar-refractivity contribution in [1.82, 2.24) is 29.0 Å². The first kappa shape index (κ1) is 26.1. The summed E-state index contributed by atoms with van der Waals surface area (Å²) in [5.41, 5.74) is 2.90. The Morgan fingerprint density at radius 1 is 1.06 bits per heavy atom. The van der Waals surface area contributed by atoms with Crippen LogP contribution in [-0.2, 0) is 23.5 Å². The highest BCUT2D eigenvalue weighted by Crippen LogP contribution is 2.27. The van der Waals surface area contributed by atoms with E-state index in [0.717, 1.165) is 17.7 Å². The van der Waals surface area contributed by atoms with Crippen LogP contribution < -0.4 is 5.56 Å². The van der Waals surface area contributed by atoms with Crippen LogP contribution in [0.15, 0.2) is 27.9 Å². The van der Waals surface area contributed by atoms with E-state index in [1.54, 1.807) is 29.9 Å². The van der Waals surface area contributed by atoms with Gasteiger partial charge in [0, 0.05) is 38.8 Å². The normalized spacial score (nSPS) is 15.4. The lowest BCUT2D eigenvalue weighted by Gasteiger charge is -2.31. The van der Waals surface area contributed by atoms with Gasteiger partial charge in [0.05, 0.1) is 10.6 Å². The summed E-state index contributed by atoms with van der Waals surface area (Å²) in [5, 5.41) is 4.45. The maximum absolute atomic E-state index is 13.2. The summed E-state index contributed by atoms with van der Waals surface area (Å²) in [7, 11) is 0.0846. The Kier molecular flexibility index (Phi) is 8.27. The van der Waals surface area contributed by atoms with Crippen LogP contribution in [0.3, 0.4) is 0 Å². The molecule has 3 aromatic rings. The van der Waals surface area contributed by atoms with Gasteiger partial charge >= 0.3 is 0 Å². The lowest BCUT2D eigenvalue weighted by molar-refractivity contribution is 0.222. The number of hydrogen-bond acceptors (Lipinski definition) is 6. The Balaban J connectivity index is 0.00000103. The predicted octanol–water partition coefficient (Wildman–Crippen LogP) is 2.94. The Hall–Kier alpha value is -2.56. The fourth-order valence-electron chi connectivity index (χ4n) is 3.97. The molecule has 1 aromatic carbocycles. The van der Waals surface area contributed by atoms with Gasteiger partial charge in [-0.25, -0.2) is 13.4 Å². The fourth-order valence-corrected chi connectivity index (χ4v) is 5.42. The quantitative estimate of drug-likeness (QED) is 0.592. The molecule has 0 aliphatic carbocycles. The van der Waals surface area contributed by atoms with Crippen molar-refractivity contribution < 1.29 is 8.42 Å². The van der Waals surface area contributed by atoms with Crippen molar-refractivity contribution in [1.29, 1.82) is 0 Å². The molecule has 1 fully saturated rings. The number of nitrogens with zero attached hydrogens (tertiary/aromatic N) is 5. The first-order valence-corrected chi connectivity index (χ1v) is 13.3. The van der Waals surface area contributed by atoms with E-state index in [-0.39, 0.29) is 10.5 Å². The van der Waals surface area contributed by atoms with Crippen molar-refractivity contribution in [2.45, 2.75) is 51.9 Å². The van der Waals surface area contributed by atoms with Gasteiger partial charge in [-0.15, -0.1) is 0 Å². The summed E-state index contributed by atoms with van der Waals surface area (Å²) in [6, 6.07) is 5.00. The molecule has 0 radical (unpaired) electrons. The summed E-state index contributed by atoms with van der Waals surface area (Å²) in [6.07, 6.45) is 2.84. The van der Waals surface area contributed by atoms with E-state index in [9.17, 15) is 13.2 Å². The van der Waals surface area contributed by atoms with Gasteiger partial charge in [-0.3, -0.25) is 9.48 Å². The van der Waals surface area contributed by atoms with Gasteiger partial charge in [0.2, 0.25) is 10.0 Å². The molecule has 0 spiro atoms. The summed E-state index contributed by atoms with van der Waals surface area (Å²) in [5.74, 6) is 0.357. The number of likely N-dealkylation sites (N-methyl/N-ethyl adjacent to an activating group) is 1. The van der Waals surface area contributed by atoms with Gasteiger partial charge in [0.15, 0.2) is 5.52 Å². The van der Waals surface area contributed by atoms with Gasteiger partial charge in [-0.2, -0.15) is 9.40 Å². The van der Waals surface area contributed by atoms with Crippen molar-refractivity contribution >= 4 is 21.1 Å². The van der Waals surface area contributed by atoms with Gasteiger partial charge < -0.3 is 9.88 Å². The molecule has 10 heteroatoms. The molecule has 34 heavy (non-hydrogen) atoms. The predicted molar refractivity (Wildman–Crippen MR) is 136 cm³/mol. The number of sulfonamides is 1. The highest BCUT2D eigenvalue weighted by Gasteiger charge is 2.28. The third-order valence-corrected chi connectivity index (χ3v) is 7.71. The Morgan fingerprint density at radius 2 is 1.71 bits per heavy atom. The van der Waals surface area contributed by atoms with Crippen molar-refractivity contribution in [3.63, 3.8) is 0 Å². The third-order valence-electron chi connectivity index (χ3n) is 5.81. The smallest absolute Gasteiger partial charge is 0.277 e. The number of benzene rings is 1. The molecule has 4 rings (SSSR count).